The van der Waals surface area contributed by atoms with Crippen LogP contribution in [0, 0.1) is 17.1 Å². The molecule has 1 unspecified atom stereocenters. The number of likely N-dealkylation sites (N-methyl/N-ethyl adjacent to an activating group) is 1. The zero-order valence-corrected chi connectivity index (χ0v) is 21.2. The number of aliphatic hydroxyl groups excluding tert-OH is 2. The van der Waals surface area contributed by atoms with E-state index in [1.807, 2.05) is 0 Å². The van der Waals surface area contributed by atoms with E-state index in [4.69, 9.17) is 21.4 Å². The van der Waals surface area contributed by atoms with Crippen LogP contribution in [0.15, 0.2) is 48.7 Å². The standard InChI is InChI=1S/C26H26ClF2N5O4/c1-34(8-6-28)7-2-3-25(37)33-23-10-19-22(11-24(23)38-15-18(36)14-35)31-13-16(12-30)26(19)32-17-4-5-21(29)20(27)9-17/h2-5,9-11,13,18,35-36H,6-8,14-15H2,1H3,(H,31,32)(H,33,37)/b3-2+. The van der Waals surface area contributed by atoms with E-state index in [2.05, 4.69) is 21.7 Å². The molecule has 200 valence electrons. The monoisotopic (exact) mass is 545 g/mol. The van der Waals surface area contributed by atoms with Crippen LogP contribution in [-0.4, -0.2) is 72.1 Å². The number of hydrogen-bond acceptors (Lipinski definition) is 8. The number of pyridine rings is 1. The molecule has 0 spiro atoms. The molecule has 12 heteroatoms. The number of carbonyl (C=O) groups is 1. The van der Waals surface area contributed by atoms with Crippen LogP contribution in [0.2, 0.25) is 5.02 Å². The highest BCUT2D eigenvalue weighted by molar-refractivity contribution is 6.31. The number of carbonyl (C=O) groups excluding carboxylic acids is 1. The summed E-state index contributed by atoms with van der Waals surface area (Å²) in [5.74, 6) is -0.942. The molecule has 0 aliphatic rings. The number of anilines is 3. The first-order valence-corrected chi connectivity index (χ1v) is 11.9. The van der Waals surface area contributed by atoms with Crippen molar-refractivity contribution in [2.45, 2.75) is 6.10 Å². The maximum atomic E-state index is 13.6. The van der Waals surface area contributed by atoms with Crippen LogP contribution in [0.25, 0.3) is 10.9 Å². The van der Waals surface area contributed by atoms with Crippen LogP contribution >= 0.6 is 11.6 Å². The Labute approximate surface area is 222 Å². The minimum Gasteiger partial charge on any atom is -0.489 e. The molecule has 1 aromatic heterocycles. The molecule has 0 saturated heterocycles. The fourth-order valence-electron chi connectivity index (χ4n) is 3.36. The number of amides is 1. The molecular formula is C26H26ClF2N5O4. The lowest BCUT2D eigenvalue weighted by atomic mass is 10.1. The third kappa shape index (κ3) is 7.60. The number of alkyl halides is 1. The quantitative estimate of drug-likeness (QED) is 0.253. The van der Waals surface area contributed by atoms with Gasteiger partial charge in [0.1, 0.15) is 37.0 Å². The maximum Gasteiger partial charge on any atom is 0.248 e. The fourth-order valence-corrected chi connectivity index (χ4v) is 3.54. The molecule has 0 aliphatic carbocycles. The van der Waals surface area contributed by atoms with Crippen molar-refractivity contribution in [1.82, 2.24) is 9.88 Å². The average Bonchev–Trinajstić information content (AvgIpc) is 2.89. The highest BCUT2D eigenvalue weighted by Gasteiger charge is 2.17. The molecule has 1 heterocycles. The number of hydrogen-bond donors (Lipinski definition) is 4. The lowest BCUT2D eigenvalue weighted by Crippen LogP contribution is -2.22. The lowest BCUT2D eigenvalue weighted by Gasteiger charge is -2.17. The van der Waals surface area contributed by atoms with Gasteiger partial charge in [-0.05, 0) is 31.3 Å². The van der Waals surface area contributed by atoms with Crippen molar-refractivity contribution in [1.29, 1.82) is 5.26 Å². The second kappa shape index (κ2) is 13.6. The number of halogens is 3. The van der Waals surface area contributed by atoms with Crippen LogP contribution < -0.4 is 15.4 Å². The Morgan fingerprint density at radius 1 is 1.37 bits per heavy atom. The summed E-state index contributed by atoms with van der Waals surface area (Å²) >= 11 is 5.90. The van der Waals surface area contributed by atoms with Gasteiger partial charge in [0.05, 0.1) is 34.1 Å². The molecule has 0 fully saturated rings. The molecule has 0 aliphatic heterocycles. The predicted molar refractivity (Wildman–Crippen MR) is 141 cm³/mol. The number of nitrogens with one attached hydrogen (secondary N) is 2. The Hall–Kier alpha value is -3.82. The number of nitriles is 1. The third-order valence-corrected chi connectivity index (χ3v) is 5.62. The van der Waals surface area contributed by atoms with Crippen LogP contribution in [-0.2, 0) is 4.79 Å². The third-order valence-electron chi connectivity index (χ3n) is 5.33. The molecule has 0 saturated carbocycles. The average molecular weight is 546 g/mol. The van der Waals surface area contributed by atoms with Gasteiger partial charge in [0.2, 0.25) is 5.91 Å². The normalized spacial score (nSPS) is 12.1. The van der Waals surface area contributed by atoms with Gasteiger partial charge in [0.15, 0.2) is 0 Å². The van der Waals surface area contributed by atoms with Crippen molar-refractivity contribution in [3.05, 3.63) is 65.1 Å². The number of aliphatic hydroxyl groups is 2. The van der Waals surface area contributed by atoms with Crippen molar-refractivity contribution < 1.29 is 28.5 Å². The van der Waals surface area contributed by atoms with Crippen molar-refractivity contribution in [3.63, 3.8) is 0 Å². The van der Waals surface area contributed by atoms with Gasteiger partial charge in [-0.25, -0.2) is 8.78 Å². The van der Waals surface area contributed by atoms with E-state index in [9.17, 15) is 23.9 Å². The van der Waals surface area contributed by atoms with E-state index in [1.54, 1.807) is 18.0 Å². The highest BCUT2D eigenvalue weighted by atomic mass is 35.5. The molecule has 4 N–H and O–H groups in total. The molecule has 3 aromatic rings. The zero-order valence-electron chi connectivity index (χ0n) is 20.4. The van der Waals surface area contributed by atoms with E-state index >= 15 is 0 Å². The summed E-state index contributed by atoms with van der Waals surface area (Å²) in [5.41, 5.74) is 1.51. The highest BCUT2D eigenvalue weighted by Crippen LogP contribution is 2.36. The van der Waals surface area contributed by atoms with Crippen molar-refractivity contribution in [2.24, 2.45) is 0 Å². The van der Waals surface area contributed by atoms with Gasteiger partial charge in [-0.15, -0.1) is 0 Å². The molecule has 3 rings (SSSR count). The first-order chi connectivity index (χ1) is 18.2. The number of rotatable bonds is 12. The number of nitrogens with zero attached hydrogens (tertiary/aromatic N) is 3. The summed E-state index contributed by atoms with van der Waals surface area (Å²) in [6, 6.07) is 9.11. The van der Waals surface area contributed by atoms with Crippen LogP contribution in [0.1, 0.15) is 5.56 Å². The van der Waals surface area contributed by atoms with E-state index in [1.165, 1.54) is 42.6 Å². The number of ether oxygens (including phenoxy) is 1. The summed E-state index contributed by atoms with van der Waals surface area (Å²) in [6.07, 6.45) is 3.05. The Morgan fingerprint density at radius 3 is 2.84 bits per heavy atom. The van der Waals surface area contributed by atoms with Crippen LogP contribution in [0.3, 0.4) is 0 Å². The molecule has 1 amide bonds. The topological polar surface area (TPSA) is 131 Å². The molecule has 9 nitrogen and oxygen atoms in total. The summed E-state index contributed by atoms with van der Waals surface area (Å²) in [6.45, 7) is -0.712. The summed E-state index contributed by atoms with van der Waals surface area (Å²) < 4.78 is 31.7. The van der Waals surface area contributed by atoms with Crippen molar-refractivity contribution in [2.75, 3.05) is 50.7 Å². The smallest absolute Gasteiger partial charge is 0.248 e. The SMILES string of the molecule is CN(C/C=C/C(=O)Nc1cc2c(Nc3ccc(F)c(Cl)c3)c(C#N)cnc2cc1OCC(O)CO)CCF. The van der Waals surface area contributed by atoms with Crippen LogP contribution in [0.5, 0.6) is 5.75 Å². The minimum absolute atomic E-state index is 0.109. The largest absolute Gasteiger partial charge is 0.489 e. The second-order valence-corrected chi connectivity index (χ2v) is 8.68. The van der Waals surface area contributed by atoms with Crippen LogP contribution in [0.4, 0.5) is 25.8 Å². The predicted octanol–water partition coefficient (Wildman–Crippen LogP) is 3.77. The van der Waals surface area contributed by atoms with Gasteiger partial charge in [-0.1, -0.05) is 17.7 Å². The fraction of sp³-hybridized carbons (Fsp3) is 0.269. The second-order valence-electron chi connectivity index (χ2n) is 8.27. The van der Waals surface area contributed by atoms with E-state index in [0.29, 0.717) is 28.8 Å². The molecule has 0 radical (unpaired) electrons. The van der Waals surface area contributed by atoms with Gasteiger partial charge in [-0.3, -0.25) is 9.78 Å². The van der Waals surface area contributed by atoms with Gasteiger partial charge in [0.25, 0.3) is 0 Å². The van der Waals surface area contributed by atoms with Gasteiger partial charge < -0.3 is 30.5 Å². The molecule has 1 atom stereocenters. The zero-order chi connectivity index (χ0) is 27.7. The number of aromatic nitrogens is 1. The molecular weight excluding hydrogens is 520 g/mol. The first-order valence-electron chi connectivity index (χ1n) is 11.5. The first kappa shape index (κ1) is 28.7. The van der Waals surface area contributed by atoms with Crippen molar-refractivity contribution in [3.8, 4) is 11.8 Å². The maximum absolute atomic E-state index is 13.6. The Bertz CT molecular complexity index is 1370. The molecule has 2 aromatic carbocycles. The Morgan fingerprint density at radius 2 is 2.16 bits per heavy atom. The van der Waals surface area contributed by atoms with Gasteiger partial charge in [-0.2, -0.15) is 5.26 Å². The van der Waals surface area contributed by atoms with Crippen molar-refractivity contribution >= 4 is 45.5 Å². The summed E-state index contributed by atoms with van der Waals surface area (Å²) in [7, 11) is 1.71. The van der Waals surface area contributed by atoms with Gasteiger partial charge >= 0.3 is 0 Å². The summed E-state index contributed by atoms with van der Waals surface area (Å²) in [4.78, 5) is 18.6. The Kier molecular flexibility index (Phi) is 10.3. The lowest BCUT2D eigenvalue weighted by molar-refractivity contribution is -0.111. The minimum atomic E-state index is -1.16. The van der Waals surface area contributed by atoms with E-state index in [0.717, 1.165) is 0 Å². The van der Waals surface area contributed by atoms with E-state index in [-0.39, 0.29) is 35.2 Å². The number of fused-ring (bicyclic) bond motifs is 1. The number of benzene rings is 2. The van der Waals surface area contributed by atoms with E-state index < -0.39 is 31.1 Å². The van der Waals surface area contributed by atoms with Gasteiger partial charge in [0, 0.05) is 42.5 Å². The Balaban J connectivity index is 2.02. The molecule has 0 bridgehead atoms. The molecule has 38 heavy (non-hydrogen) atoms. The summed E-state index contributed by atoms with van der Waals surface area (Å²) in [5, 5.41) is 34.6.